The molecule has 0 saturated heterocycles. The first-order valence-corrected chi connectivity index (χ1v) is 11.4. The number of unbranched alkanes of at least 4 members (excludes halogenated alkanes) is 10. The van der Waals surface area contributed by atoms with Gasteiger partial charge >= 0.3 is 11.9 Å². The number of carbonyl (C=O) groups is 2. The van der Waals surface area contributed by atoms with E-state index in [4.69, 9.17) is 9.47 Å². The molecular weight excluding hydrogens is 392 g/mol. The Morgan fingerprint density at radius 3 is 1.20 bits per heavy atom. The summed E-state index contributed by atoms with van der Waals surface area (Å²) in [4.78, 5) is 23.6. The van der Waals surface area contributed by atoms with E-state index in [1.165, 1.54) is 0 Å². The summed E-state index contributed by atoms with van der Waals surface area (Å²) < 4.78 is 9.77. The van der Waals surface area contributed by atoms with Crippen LogP contribution in [0.3, 0.4) is 0 Å². The second kappa shape index (κ2) is 18.5. The van der Waals surface area contributed by atoms with Gasteiger partial charge in [-0.15, -0.1) is 0 Å². The SMILES string of the molecule is CCCCCCCCOC(=O)[C@@H](O)[C@H](O)[C@H](O)[C@@H](O)C(=O)OCCCCCCCC. The van der Waals surface area contributed by atoms with Gasteiger partial charge in [-0.25, -0.2) is 9.59 Å². The fourth-order valence-electron chi connectivity index (χ4n) is 2.93. The number of hydrogen-bond donors (Lipinski definition) is 4. The summed E-state index contributed by atoms with van der Waals surface area (Å²) >= 11 is 0. The van der Waals surface area contributed by atoms with Gasteiger partial charge in [-0.2, -0.15) is 0 Å². The van der Waals surface area contributed by atoms with Crippen molar-refractivity contribution in [3.8, 4) is 0 Å². The number of hydrogen-bond acceptors (Lipinski definition) is 8. The zero-order chi connectivity index (χ0) is 22.8. The van der Waals surface area contributed by atoms with E-state index in [1.54, 1.807) is 0 Å². The van der Waals surface area contributed by atoms with Crippen molar-refractivity contribution in [3.63, 3.8) is 0 Å². The molecule has 0 aliphatic rings. The van der Waals surface area contributed by atoms with Crippen molar-refractivity contribution in [2.24, 2.45) is 0 Å². The molecule has 0 unspecified atom stereocenters. The van der Waals surface area contributed by atoms with Gasteiger partial charge in [0.1, 0.15) is 12.2 Å². The van der Waals surface area contributed by atoms with Gasteiger partial charge in [0.2, 0.25) is 0 Å². The fraction of sp³-hybridized carbons (Fsp3) is 0.909. The summed E-state index contributed by atoms with van der Waals surface area (Å²) in [5, 5.41) is 39.5. The Morgan fingerprint density at radius 2 is 0.867 bits per heavy atom. The minimum absolute atomic E-state index is 0.0910. The molecular formula is C22H42O8. The predicted octanol–water partition coefficient (Wildman–Crippen LogP) is 2.24. The first kappa shape index (κ1) is 28.8. The third kappa shape index (κ3) is 13.2. The lowest BCUT2D eigenvalue weighted by molar-refractivity contribution is -0.179. The molecule has 0 amide bonds. The minimum Gasteiger partial charge on any atom is -0.464 e. The Labute approximate surface area is 180 Å². The molecule has 0 heterocycles. The van der Waals surface area contributed by atoms with Crippen molar-refractivity contribution >= 4 is 11.9 Å². The fourth-order valence-corrected chi connectivity index (χ4v) is 2.93. The van der Waals surface area contributed by atoms with Crippen molar-refractivity contribution < 1.29 is 39.5 Å². The Hall–Kier alpha value is -1.22. The topological polar surface area (TPSA) is 134 Å². The monoisotopic (exact) mass is 434 g/mol. The molecule has 178 valence electrons. The van der Waals surface area contributed by atoms with E-state index < -0.39 is 36.4 Å². The second-order valence-corrected chi connectivity index (χ2v) is 7.74. The third-order valence-corrected chi connectivity index (χ3v) is 4.96. The van der Waals surface area contributed by atoms with Crippen LogP contribution in [0.5, 0.6) is 0 Å². The molecule has 0 bridgehead atoms. The average molecular weight is 435 g/mol. The van der Waals surface area contributed by atoms with Crippen LogP contribution in [-0.2, 0) is 19.1 Å². The summed E-state index contributed by atoms with van der Waals surface area (Å²) in [7, 11) is 0. The molecule has 30 heavy (non-hydrogen) atoms. The van der Waals surface area contributed by atoms with Gasteiger partial charge in [0, 0.05) is 0 Å². The smallest absolute Gasteiger partial charge is 0.337 e. The molecule has 0 aliphatic heterocycles. The first-order valence-electron chi connectivity index (χ1n) is 11.4. The molecule has 0 aromatic carbocycles. The highest BCUT2D eigenvalue weighted by atomic mass is 16.6. The minimum atomic E-state index is -2.07. The summed E-state index contributed by atoms with van der Waals surface area (Å²) in [6.45, 7) is 4.42. The van der Waals surface area contributed by atoms with Gasteiger partial charge in [-0.3, -0.25) is 0 Å². The van der Waals surface area contributed by atoms with E-state index in [0.29, 0.717) is 12.8 Å². The van der Waals surface area contributed by atoms with Crippen molar-refractivity contribution in [3.05, 3.63) is 0 Å². The van der Waals surface area contributed by atoms with Gasteiger partial charge < -0.3 is 29.9 Å². The molecule has 8 nitrogen and oxygen atoms in total. The Balaban J connectivity index is 4.11. The lowest BCUT2D eigenvalue weighted by atomic mass is 10.0. The van der Waals surface area contributed by atoms with Crippen molar-refractivity contribution in [1.82, 2.24) is 0 Å². The molecule has 4 atom stereocenters. The number of carbonyl (C=O) groups excluding carboxylic acids is 2. The Kier molecular flexibility index (Phi) is 17.8. The lowest BCUT2D eigenvalue weighted by Gasteiger charge is -2.24. The molecule has 0 aromatic heterocycles. The predicted molar refractivity (Wildman–Crippen MR) is 113 cm³/mol. The van der Waals surface area contributed by atoms with Gasteiger partial charge in [0.15, 0.2) is 12.2 Å². The summed E-state index contributed by atoms with van der Waals surface area (Å²) in [6, 6.07) is 0. The van der Waals surface area contributed by atoms with E-state index in [0.717, 1.165) is 64.2 Å². The van der Waals surface area contributed by atoms with Crippen LogP contribution in [-0.4, -0.2) is 70.0 Å². The number of aliphatic hydroxyl groups is 4. The zero-order valence-electron chi connectivity index (χ0n) is 18.6. The quantitative estimate of drug-likeness (QED) is 0.180. The maximum Gasteiger partial charge on any atom is 0.337 e. The third-order valence-electron chi connectivity index (χ3n) is 4.96. The van der Waals surface area contributed by atoms with E-state index in [1.807, 2.05) is 0 Å². The summed E-state index contributed by atoms with van der Waals surface area (Å²) in [5.41, 5.74) is 0. The Morgan fingerprint density at radius 1 is 0.567 bits per heavy atom. The standard InChI is InChI=1S/C22H42O8/c1-3-5-7-9-11-13-15-29-21(27)19(25)17(23)18(24)20(26)22(28)30-16-14-12-10-8-6-4-2/h17-20,23-26H,3-16H2,1-2H3/t17-,18+,19+,20-. The van der Waals surface area contributed by atoms with Crippen LogP contribution in [0.1, 0.15) is 90.9 Å². The molecule has 0 saturated carbocycles. The van der Waals surface area contributed by atoms with Crippen molar-refractivity contribution in [2.45, 2.75) is 115 Å². The first-order chi connectivity index (χ1) is 14.4. The van der Waals surface area contributed by atoms with Crippen molar-refractivity contribution in [2.75, 3.05) is 13.2 Å². The number of aliphatic hydroxyl groups excluding tert-OH is 4. The highest BCUT2D eigenvalue weighted by molar-refractivity contribution is 5.77. The van der Waals surface area contributed by atoms with Crippen LogP contribution < -0.4 is 0 Å². The van der Waals surface area contributed by atoms with Crippen LogP contribution >= 0.6 is 0 Å². The largest absolute Gasteiger partial charge is 0.464 e. The highest BCUT2D eigenvalue weighted by Crippen LogP contribution is 2.11. The van der Waals surface area contributed by atoms with E-state index in [2.05, 4.69) is 13.8 Å². The van der Waals surface area contributed by atoms with E-state index in [9.17, 15) is 30.0 Å². The van der Waals surface area contributed by atoms with Crippen LogP contribution in [0, 0.1) is 0 Å². The maximum absolute atomic E-state index is 11.8. The molecule has 0 rings (SSSR count). The molecule has 0 spiro atoms. The lowest BCUT2D eigenvalue weighted by Crippen LogP contribution is -2.50. The average Bonchev–Trinajstić information content (AvgIpc) is 2.75. The molecule has 0 aromatic rings. The number of rotatable bonds is 19. The molecule has 8 heteroatoms. The van der Waals surface area contributed by atoms with E-state index >= 15 is 0 Å². The summed E-state index contributed by atoms with van der Waals surface area (Å²) in [6.07, 6.45) is 3.65. The highest BCUT2D eigenvalue weighted by Gasteiger charge is 2.38. The Bertz CT molecular complexity index is 403. The number of esters is 2. The second-order valence-electron chi connectivity index (χ2n) is 7.74. The van der Waals surface area contributed by atoms with Crippen LogP contribution in [0.15, 0.2) is 0 Å². The van der Waals surface area contributed by atoms with Gasteiger partial charge in [-0.1, -0.05) is 78.1 Å². The molecule has 0 aliphatic carbocycles. The normalized spacial score (nSPS) is 15.3. The van der Waals surface area contributed by atoms with Gasteiger partial charge in [-0.05, 0) is 12.8 Å². The van der Waals surface area contributed by atoms with E-state index in [-0.39, 0.29) is 13.2 Å². The summed E-state index contributed by atoms with van der Waals surface area (Å²) in [5.74, 6) is -2.22. The maximum atomic E-state index is 11.8. The zero-order valence-corrected chi connectivity index (χ0v) is 18.6. The molecule has 0 fully saturated rings. The molecule has 0 radical (unpaired) electrons. The van der Waals surface area contributed by atoms with Gasteiger partial charge in [0.05, 0.1) is 13.2 Å². The van der Waals surface area contributed by atoms with Gasteiger partial charge in [0.25, 0.3) is 0 Å². The number of ether oxygens (including phenoxy) is 2. The van der Waals surface area contributed by atoms with Crippen molar-refractivity contribution in [1.29, 1.82) is 0 Å². The molecule has 4 N–H and O–H groups in total. The van der Waals surface area contributed by atoms with Crippen LogP contribution in [0.2, 0.25) is 0 Å². The van der Waals surface area contributed by atoms with Crippen LogP contribution in [0.4, 0.5) is 0 Å². The van der Waals surface area contributed by atoms with Crippen LogP contribution in [0.25, 0.3) is 0 Å².